The molecule has 1 aromatic carbocycles. The molecule has 0 saturated heterocycles. The third-order valence-corrected chi connectivity index (χ3v) is 4.46. The minimum Gasteiger partial charge on any atom is -0.410 e. The zero-order valence-electron chi connectivity index (χ0n) is 17.4. The molecule has 152 valence electrons. The van der Waals surface area contributed by atoms with Gasteiger partial charge in [0.1, 0.15) is 11.5 Å². The lowest BCUT2D eigenvalue weighted by Gasteiger charge is -2.20. The van der Waals surface area contributed by atoms with Crippen molar-refractivity contribution in [3.8, 4) is 11.5 Å². The first-order chi connectivity index (χ1) is 13.0. The first kappa shape index (κ1) is 22.8. The van der Waals surface area contributed by atoms with Crippen LogP contribution >= 0.6 is 0 Å². The van der Waals surface area contributed by atoms with Gasteiger partial charge in [0.15, 0.2) is 0 Å². The Morgan fingerprint density at radius 1 is 0.741 bits per heavy atom. The number of rotatable bonds is 10. The second-order valence-electron chi connectivity index (χ2n) is 6.35. The van der Waals surface area contributed by atoms with Crippen molar-refractivity contribution in [2.24, 2.45) is 0 Å². The van der Waals surface area contributed by atoms with Gasteiger partial charge in [-0.3, -0.25) is 0 Å². The zero-order valence-corrected chi connectivity index (χ0v) is 17.4. The van der Waals surface area contributed by atoms with Crippen LogP contribution in [0.1, 0.15) is 59.4 Å². The van der Waals surface area contributed by atoms with Gasteiger partial charge in [0, 0.05) is 32.2 Å². The maximum atomic E-state index is 12.3. The summed E-state index contributed by atoms with van der Waals surface area (Å²) in [5.41, 5.74) is 0.996. The molecule has 27 heavy (non-hydrogen) atoms. The molecule has 0 aromatic heterocycles. The predicted octanol–water partition coefficient (Wildman–Crippen LogP) is 5.10. The summed E-state index contributed by atoms with van der Waals surface area (Å²) in [5.74, 6) is 0.812. The molecule has 0 heterocycles. The molecule has 0 bridgehead atoms. The van der Waals surface area contributed by atoms with Crippen LogP contribution in [0.3, 0.4) is 0 Å². The minimum absolute atomic E-state index is 0.397. The number of carbonyl (C=O) groups excluding carboxylic acids is 2. The van der Waals surface area contributed by atoms with Crippen molar-refractivity contribution >= 4 is 12.2 Å². The van der Waals surface area contributed by atoms with Gasteiger partial charge in [-0.05, 0) is 58.2 Å². The summed E-state index contributed by atoms with van der Waals surface area (Å²) in [5, 5.41) is 0. The standard InChI is InChI=1S/C21H34N2O4/c1-6-11-12-13-17-14-18(26-20(24)22(7-2)8-3)16-19(15-17)27-21(25)23(9-4)10-5/h14-16H,6-13H2,1-5H3. The minimum atomic E-state index is -0.397. The molecule has 1 aromatic rings. The van der Waals surface area contributed by atoms with Crippen molar-refractivity contribution in [3.63, 3.8) is 0 Å². The largest absolute Gasteiger partial charge is 0.415 e. The molecule has 0 N–H and O–H groups in total. The van der Waals surface area contributed by atoms with E-state index in [-0.39, 0.29) is 0 Å². The molecule has 0 unspecified atom stereocenters. The van der Waals surface area contributed by atoms with Gasteiger partial charge in [-0.1, -0.05) is 19.8 Å². The van der Waals surface area contributed by atoms with Gasteiger partial charge in [-0.15, -0.1) is 0 Å². The molecule has 0 radical (unpaired) electrons. The molecule has 0 saturated carbocycles. The fourth-order valence-corrected chi connectivity index (χ4v) is 2.77. The highest BCUT2D eigenvalue weighted by molar-refractivity contribution is 5.72. The van der Waals surface area contributed by atoms with Crippen LogP contribution in [-0.2, 0) is 6.42 Å². The smallest absolute Gasteiger partial charge is 0.410 e. The van der Waals surface area contributed by atoms with Gasteiger partial charge in [-0.2, -0.15) is 0 Å². The van der Waals surface area contributed by atoms with E-state index in [2.05, 4.69) is 6.92 Å². The Labute approximate surface area is 163 Å². The number of carbonyl (C=O) groups is 2. The Morgan fingerprint density at radius 2 is 1.19 bits per heavy atom. The van der Waals surface area contributed by atoms with Crippen LogP contribution in [-0.4, -0.2) is 48.2 Å². The summed E-state index contributed by atoms with van der Waals surface area (Å²) in [7, 11) is 0. The molecule has 0 aliphatic carbocycles. The van der Waals surface area contributed by atoms with Crippen LogP contribution in [0.15, 0.2) is 18.2 Å². The van der Waals surface area contributed by atoms with Crippen molar-refractivity contribution in [2.45, 2.75) is 60.3 Å². The highest BCUT2D eigenvalue weighted by atomic mass is 16.6. The molecule has 0 aliphatic heterocycles. The average Bonchev–Trinajstić information content (AvgIpc) is 2.63. The molecule has 0 spiro atoms. The Morgan fingerprint density at radius 3 is 1.56 bits per heavy atom. The summed E-state index contributed by atoms with van der Waals surface area (Å²) >= 11 is 0. The van der Waals surface area contributed by atoms with Crippen LogP contribution in [0.25, 0.3) is 0 Å². The van der Waals surface area contributed by atoms with Gasteiger partial charge >= 0.3 is 12.2 Å². The van der Waals surface area contributed by atoms with Crippen LogP contribution in [0, 0.1) is 0 Å². The monoisotopic (exact) mass is 378 g/mol. The summed E-state index contributed by atoms with van der Waals surface area (Å²) < 4.78 is 11.0. The fourth-order valence-electron chi connectivity index (χ4n) is 2.77. The molecule has 0 fully saturated rings. The number of hydrogen-bond donors (Lipinski definition) is 0. The lowest BCUT2D eigenvalue weighted by Crippen LogP contribution is -2.33. The number of aryl methyl sites for hydroxylation is 1. The number of amides is 2. The first-order valence-corrected chi connectivity index (χ1v) is 10.1. The van der Waals surface area contributed by atoms with E-state index in [4.69, 9.17) is 9.47 Å². The van der Waals surface area contributed by atoms with Crippen molar-refractivity contribution in [1.82, 2.24) is 9.80 Å². The number of ether oxygens (including phenoxy) is 2. The number of nitrogens with zero attached hydrogens (tertiary/aromatic N) is 2. The molecular formula is C21H34N2O4. The Hall–Kier alpha value is -2.24. The van der Waals surface area contributed by atoms with Crippen LogP contribution in [0.2, 0.25) is 0 Å². The summed E-state index contributed by atoms with van der Waals surface area (Å²) in [4.78, 5) is 27.7. The van der Waals surface area contributed by atoms with E-state index in [0.717, 1.165) is 31.2 Å². The maximum absolute atomic E-state index is 12.3. The summed E-state index contributed by atoms with van der Waals surface area (Å²) in [6.45, 7) is 12.1. The van der Waals surface area contributed by atoms with Gasteiger partial charge in [0.2, 0.25) is 0 Å². The van der Waals surface area contributed by atoms with Gasteiger partial charge < -0.3 is 19.3 Å². The number of hydrogen-bond acceptors (Lipinski definition) is 4. The highest BCUT2D eigenvalue weighted by Gasteiger charge is 2.16. The van der Waals surface area contributed by atoms with Crippen molar-refractivity contribution in [2.75, 3.05) is 26.2 Å². The molecule has 1 rings (SSSR count). The van der Waals surface area contributed by atoms with E-state index in [1.165, 1.54) is 0 Å². The summed E-state index contributed by atoms with van der Waals surface area (Å²) in [6, 6.07) is 5.31. The molecule has 6 heteroatoms. The fraction of sp³-hybridized carbons (Fsp3) is 0.619. The molecule has 6 nitrogen and oxygen atoms in total. The Bertz CT molecular complexity index is 552. The lowest BCUT2D eigenvalue weighted by molar-refractivity contribution is 0.155. The van der Waals surface area contributed by atoms with E-state index in [1.807, 2.05) is 39.8 Å². The van der Waals surface area contributed by atoms with E-state index in [1.54, 1.807) is 15.9 Å². The van der Waals surface area contributed by atoms with E-state index in [9.17, 15) is 9.59 Å². The van der Waals surface area contributed by atoms with Crippen LogP contribution in [0.4, 0.5) is 9.59 Å². The maximum Gasteiger partial charge on any atom is 0.415 e. The molecule has 2 amide bonds. The number of unbranched alkanes of at least 4 members (excludes halogenated alkanes) is 2. The Kier molecular flexibility index (Phi) is 10.3. The van der Waals surface area contributed by atoms with Crippen molar-refractivity contribution in [1.29, 1.82) is 0 Å². The van der Waals surface area contributed by atoms with Gasteiger partial charge in [-0.25, -0.2) is 9.59 Å². The van der Waals surface area contributed by atoms with Crippen LogP contribution < -0.4 is 9.47 Å². The zero-order chi connectivity index (χ0) is 20.2. The second-order valence-corrected chi connectivity index (χ2v) is 6.35. The topological polar surface area (TPSA) is 59.1 Å². The van der Waals surface area contributed by atoms with E-state index < -0.39 is 12.2 Å². The van der Waals surface area contributed by atoms with Crippen molar-refractivity contribution in [3.05, 3.63) is 23.8 Å². The van der Waals surface area contributed by atoms with Crippen molar-refractivity contribution < 1.29 is 19.1 Å². The summed E-state index contributed by atoms with van der Waals surface area (Å²) in [6.07, 6.45) is 3.34. The lowest BCUT2D eigenvalue weighted by atomic mass is 10.1. The highest BCUT2D eigenvalue weighted by Crippen LogP contribution is 2.25. The quantitative estimate of drug-likeness (QED) is 0.531. The average molecular weight is 379 g/mol. The third-order valence-electron chi connectivity index (χ3n) is 4.46. The predicted molar refractivity (Wildman–Crippen MR) is 108 cm³/mol. The Balaban J connectivity index is 3.01. The van der Waals surface area contributed by atoms with E-state index >= 15 is 0 Å². The third kappa shape index (κ3) is 7.49. The van der Waals surface area contributed by atoms with E-state index in [0.29, 0.717) is 37.7 Å². The normalized spacial score (nSPS) is 10.4. The molecule has 0 atom stereocenters. The second kappa shape index (κ2) is 12.2. The molecular weight excluding hydrogens is 344 g/mol. The molecule has 0 aliphatic rings. The number of benzene rings is 1. The van der Waals surface area contributed by atoms with Gasteiger partial charge in [0.05, 0.1) is 0 Å². The van der Waals surface area contributed by atoms with Gasteiger partial charge in [0.25, 0.3) is 0 Å². The van der Waals surface area contributed by atoms with Crippen LogP contribution in [0.5, 0.6) is 11.5 Å². The SMILES string of the molecule is CCCCCc1cc(OC(=O)N(CC)CC)cc(OC(=O)N(CC)CC)c1. The first-order valence-electron chi connectivity index (χ1n) is 10.1.